The molecule has 4 rings (SSSR count). The fourth-order valence-corrected chi connectivity index (χ4v) is 3.62. The minimum absolute atomic E-state index is 0.394. The first kappa shape index (κ1) is 18.5. The SMILES string of the molecule is COC(C#N)Oc1ccc(C(N)=O)c2c1c1ccccc1n2Cc1ccccc1. The molecule has 6 nitrogen and oxygen atoms in total. The number of para-hydroxylation sites is 1. The lowest BCUT2D eigenvalue weighted by molar-refractivity contribution is -0.00865. The first-order valence-corrected chi connectivity index (χ1v) is 9.10. The van der Waals surface area contributed by atoms with Gasteiger partial charge in [0, 0.05) is 24.6 Å². The summed E-state index contributed by atoms with van der Waals surface area (Å²) in [7, 11) is 1.40. The maximum Gasteiger partial charge on any atom is 0.289 e. The molecule has 4 aromatic rings. The third-order valence-electron chi connectivity index (χ3n) is 4.88. The van der Waals surface area contributed by atoms with Gasteiger partial charge in [-0.15, -0.1) is 0 Å². The van der Waals surface area contributed by atoms with E-state index in [1.165, 1.54) is 7.11 Å². The van der Waals surface area contributed by atoms with Gasteiger partial charge in [0.15, 0.2) is 0 Å². The predicted molar refractivity (Wildman–Crippen MR) is 111 cm³/mol. The maximum absolute atomic E-state index is 12.2. The number of carbonyl (C=O) groups excluding carboxylic acids is 1. The molecule has 3 aromatic carbocycles. The standard InChI is InChI=1S/C23H19N3O3/c1-28-20(13-24)29-19-12-11-17(23(25)27)22-21(19)16-9-5-6-10-18(16)26(22)14-15-7-3-2-4-8-15/h2-12,20H,14H2,1H3,(H2,25,27). The van der Waals surface area contributed by atoms with E-state index in [0.717, 1.165) is 21.9 Å². The van der Waals surface area contributed by atoms with Crippen LogP contribution in [-0.2, 0) is 11.3 Å². The Hall–Kier alpha value is -3.82. The molecular formula is C23H19N3O3. The van der Waals surface area contributed by atoms with Gasteiger partial charge in [-0.05, 0) is 23.8 Å². The monoisotopic (exact) mass is 385 g/mol. The van der Waals surface area contributed by atoms with Crippen molar-refractivity contribution in [3.05, 3.63) is 77.9 Å². The highest BCUT2D eigenvalue weighted by Gasteiger charge is 2.22. The summed E-state index contributed by atoms with van der Waals surface area (Å²) in [6.45, 7) is 0.556. The molecule has 0 bridgehead atoms. The molecule has 29 heavy (non-hydrogen) atoms. The Morgan fingerprint density at radius 1 is 1.10 bits per heavy atom. The van der Waals surface area contributed by atoms with Gasteiger partial charge in [0.1, 0.15) is 11.8 Å². The fraction of sp³-hybridized carbons (Fsp3) is 0.130. The summed E-state index contributed by atoms with van der Waals surface area (Å²) >= 11 is 0. The summed E-state index contributed by atoms with van der Waals surface area (Å²) in [5.41, 5.74) is 8.79. The van der Waals surface area contributed by atoms with Crippen molar-refractivity contribution in [1.82, 2.24) is 4.57 Å². The van der Waals surface area contributed by atoms with Crippen molar-refractivity contribution in [2.45, 2.75) is 12.8 Å². The number of benzene rings is 3. The molecule has 1 unspecified atom stereocenters. The summed E-state index contributed by atoms with van der Waals surface area (Å²) in [4.78, 5) is 12.2. The lowest BCUT2D eigenvalue weighted by Gasteiger charge is -2.14. The van der Waals surface area contributed by atoms with Gasteiger partial charge in [-0.2, -0.15) is 5.26 Å². The third-order valence-corrected chi connectivity index (χ3v) is 4.88. The number of hydrogen-bond acceptors (Lipinski definition) is 4. The Morgan fingerprint density at radius 3 is 2.52 bits per heavy atom. The minimum atomic E-state index is -1.06. The number of amides is 1. The molecule has 1 atom stereocenters. The van der Waals surface area contributed by atoms with E-state index in [4.69, 9.17) is 15.2 Å². The number of fused-ring (bicyclic) bond motifs is 3. The van der Waals surface area contributed by atoms with Gasteiger partial charge in [0.05, 0.1) is 16.5 Å². The molecule has 0 radical (unpaired) electrons. The van der Waals surface area contributed by atoms with Crippen molar-refractivity contribution >= 4 is 27.7 Å². The quantitative estimate of drug-likeness (QED) is 0.511. The van der Waals surface area contributed by atoms with Crippen LogP contribution in [0.4, 0.5) is 0 Å². The zero-order chi connectivity index (χ0) is 20.4. The van der Waals surface area contributed by atoms with Gasteiger partial charge < -0.3 is 19.8 Å². The highest BCUT2D eigenvalue weighted by molar-refractivity contribution is 6.17. The number of methoxy groups -OCH3 is 1. The lowest BCUT2D eigenvalue weighted by atomic mass is 10.1. The van der Waals surface area contributed by atoms with Gasteiger partial charge in [-0.25, -0.2) is 0 Å². The van der Waals surface area contributed by atoms with E-state index in [1.807, 2.05) is 60.7 Å². The van der Waals surface area contributed by atoms with Crippen LogP contribution in [0.1, 0.15) is 15.9 Å². The van der Waals surface area contributed by atoms with Gasteiger partial charge in [0.2, 0.25) is 0 Å². The normalized spacial score (nSPS) is 12.0. The molecule has 0 saturated heterocycles. The summed E-state index contributed by atoms with van der Waals surface area (Å²) in [6.07, 6.45) is -1.06. The van der Waals surface area contributed by atoms with E-state index in [-0.39, 0.29) is 0 Å². The third kappa shape index (κ3) is 3.28. The van der Waals surface area contributed by atoms with E-state index < -0.39 is 12.2 Å². The van der Waals surface area contributed by atoms with Crippen molar-refractivity contribution in [2.75, 3.05) is 7.11 Å². The van der Waals surface area contributed by atoms with E-state index in [0.29, 0.717) is 23.4 Å². The fourth-order valence-electron chi connectivity index (χ4n) is 3.62. The van der Waals surface area contributed by atoms with E-state index in [9.17, 15) is 10.1 Å². The summed E-state index contributed by atoms with van der Waals surface area (Å²) in [5, 5.41) is 10.9. The molecular weight excluding hydrogens is 366 g/mol. The number of aromatic nitrogens is 1. The average Bonchev–Trinajstić information content (AvgIpc) is 3.07. The molecule has 6 heteroatoms. The highest BCUT2D eigenvalue weighted by atomic mass is 16.7. The van der Waals surface area contributed by atoms with Crippen LogP contribution in [-0.4, -0.2) is 23.9 Å². The summed E-state index contributed by atoms with van der Waals surface area (Å²) in [5.74, 6) is -0.0661. The molecule has 1 heterocycles. The van der Waals surface area contributed by atoms with Crippen molar-refractivity contribution in [1.29, 1.82) is 5.26 Å². The van der Waals surface area contributed by atoms with Crippen molar-refractivity contribution in [3.8, 4) is 11.8 Å². The second-order valence-corrected chi connectivity index (χ2v) is 6.60. The number of ether oxygens (including phenoxy) is 2. The average molecular weight is 385 g/mol. The smallest absolute Gasteiger partial charge is 0.289 e. The zero-order valence-corrected chi connectivity index (χ0v) is 15.8. The molecule has 0 aliphatic heterocycles. The Bertz CT molecular complexity index is 1240. The molecule has 144 valence electrons. The van der Waals surface area contributed by atoms with E-state index in [1.54, 1.807) is 12.1 Å². The largest absolute Gasteiger partial charge is 0.451 e. The van der Waals surface area contributed by atoms with E-state index in [2.05, 4.69) is 4.57 Å². The maximum atomic E-state index is 12.2. The van der Waals surface area contributed by atoms with Crippen molar-refractivity contribution in [3.63, 3.8) is 0 Å². The first-order valence-electron chi connectivity index (χ1n) is 9.10. The van der Waals surface area contributed by atoms with Gasteiger partial charge in [-0.3, -0.25) is 4.79 Å². The number of rotatable bonds is 6. The van der Waals surface area contributed by atoms with Gasteiger partial charge >= 0.3 is 0 Å². The van der Waals surface area contributed by atoms with Crippen LogP contribution in [0.2, 0.25) is 0 Å². The number of carbonyl (C=O) groups is 1. The number of primary amides is 1. The number of hydrogen-bond donors (Lipinski definition) is 1. The van der Waals surface area contributed by atoms with E-state index >= 15 is 0 Å². The topological polar surface area (TPSA) is 90.3 Å². The Kier molecular flexibility index (Phi) is 4.90. The molecule has 1 aromatic heterocycles. The van der Waals surface area contributed by atoms with Crippen LogP contribution >= 0.6 is 0 Å². The molecule has 2 N–H and O–H groups in total. The van der Waals surface area contributed by atoms with Crippen LogP contribution < -0.4 is 10.5 Å². The lowest BCUT2D eigenvalue weighted by Crippen LogP contribution is -2.17. The van der Waals surface area contributed by atoms with Crippen LogP contribution in [0, 0.1) is 11.3 Å². The van der Waals surface area contributed by atoms with Crippen LogP contribution in [0.3, 0.4) is 0 Å². The number of nitrogens with two attached hydrogens (primary N) is 1. The second kappa shape index (κ2) is 7.66. The number of nitriles is 1. The van der Waals surface area contributed by atoms with Crippen molar-refractivity contribution in [2.24, 2.45) is 5.73 Å². The predicted octanol–water partition coefficient (Wildman–Crippen LogP) is 3.82. The molecule has 0 aliphatic rings. The minimum Gasteiger partial charge on any atom is -0.451 e. The second-order valence-electron chi connectivity index (χ2n) is 6.60. The van der Waals surface area contributed by atoms with Crippen LogP contribution in [0.15, 0.2) is 66.7 Å². The molecule has 1 amide bonds. The van der Waals surface area contributed by atoms with Gasteiger partial charge in [-0.1, -0.05) is 48.5 Å². The molecule has 0 saturated carbocycles. The molecule has 0 fully saturated rings. The Labute approximate surface area is 167 Å². The Morgan fingerprint density at radius 2 is 1.83 bits per heavy atom. The summed E-state index contributed by atoms with van der Waals surface area (Å²) in [6, 6.07) is 23.0. The molecule has 0 spiro atoms. The highest BCUT2D eigenvalue weighted by Crippen LogP contribution is 2.38. The summed E-state index contributed by atoms with van der Waals surface area (Å²) < 4.78 is 12.9. The van der Waals surface area contributed by atoms with Crippen molar-refractivity contribution < 1.29 is 14.3 Å². The zero-order valence-electron chi connectivity index (χ0n) is 15.8. The van der Waals surface area contributed by atoms with Crippen LogP contribution in [0.25, 0.3) is 21.8 Å². The molecule has 0 aliphatic carbocycles. The van der Waals surface area contributed by atoms with Gasteiger partial charge in [0.25, 0.3) is 12.2 Å². The van der Waals surface area contributed by atoms with Crippen LogP contribution in [0.5, 0.6) is 5.75 Å². The number of nitrogens with zero attached hydrogens (tertiary/aromatic N) is 2. The first-order chi connectivity index (χ1) is 14.1. The Balaban J connectivity index is 2.05.